The Morgan fingerprint density at radius 1 is 1.19 bits per heavy atom. The van der Waals surface area contributed by atoms with Gasteiger partial charge in [-0.1, -0.05) is 27.2 Å². The van der Waals surface area contributed by atoms with Crippen LogP contribution in [0.5, 0.6) is 0 Å². The van der Waals surface area contributed by atoms with Crippen LogP contribution in [-0.4, -0.2) is 37.6 Å². The topological polar surface area (TPSA) is 15.3 Å². The molecule has 0 aromatic carbocycles. The van der Waals surface area contributed by atoms with E-state index in [1.807, 2.05) is 0 Å². The van der Waals surface area contributed by atoms with Gasteiger partial charge in [-0.25, -0.2) is 0 Å². The van der Waals surface area contributed by atoms with Crippen LogP contribution < -0.4 is 5.32 Å². The van der Waals surface area contributed by atoms with Gasteiger partial charge in [0.05, 0.1) is 0 Å². The van der Waals surface area contributed by atoms with Gasteiger partial charge in [-0.05, 0) is 52.2 Å². The molecule has 0 bridgehead atoms. The summed E-state index contributed by atoms with van der Waals surface area (Å²) in [7, 11) is 2.25. The molecule has 0 heterocycles. The van der Waals surface area contributed by atoms with Crippen LogP contribution in [0.15, 0.2) is 0 Å². The number of rotatable bonds is 10. The van der Waals surface area contributed by atoms with E-state index < -0.39 is 0 Å². The highest BCUT2D eigenvalue weighted by Gasteiger charge is 2.05. The molecular formula is C14H32N2. The molecule has 0 aromatic heterocycles. The lowest BCUT2D eigenvalue weighted by atomic mass is 10.1. The summed E-state index contributed by atoms with van der Waals surface area (Å²) in [4.78, 5) is 2.47. The molecule has 0 saturated carbocycles. The molecule has 0 saturated heterocycles. The Balaban J connectivity index is 3.42. The third kappa shape index (κ3) is 9.17. The Labute approximate surface area is 103 Å². The van der Waals surface area contributed by atoms with Crippen molar-refractivity contribution in [2.45, 2.75) is 59.4 Å². The van der Waals surface area contributed by atoms with E-state index in [2.05, 4.69) is 45.0 Å². The summed E-state index contributed by atoms with van der Waals surface area (Å²) >= 11 is 0. The summed E-state index contributed by atoms with van der Waals surface area (Å²) in [5.41, 5.74) is 0. The van der Waals surface area contributed by atoms with Crippen LogP contribution in [0.2, 0.25) is 0 Å². The molecule has 16 heavy (non-hydrogen) atoms. The quantitative estimate of drug-likeness (QED) is 0.618. The Kier molecular flexibility index (Phi) is 10.0. The zero-order chi connectivity index (χ0) is 12.4. The molecule has 0 aliphatic rings. The monoisotopic (exact) mass is 228 g/mol. The van der Waals surface area contributed by atoms with E-state index >= 15 is 0 Å². The second kappa shape index (κ2) is 10.1. The molecule has 0 radical (unpaired) electrons. The summed E-state index contributed by atoms with van der Waals surface area (Å²) in [5.74, 6) is 0.834. The van der Waals surface area contributed by atoms with E-state index in [9.17, 15) is 0 Å². The van der Waals surface area contributed by atoms with Gasteiger partial charge in [-0.3, -0.25) is 0 Å². The predicted molar refractivity (Wildman–Crippen MR) is 73.9 cm³/mol. The van der Waals surface area contributed by atoms with Crippen LogP contribution in [0.25, 0.3) is 0 Å². The molecule has 2 nitrogen and oxygen atoms in total. The van der Waals surface area contributed by atoms with Crippen LogP contribution in [0.4, 0.5) is 0 Å². The summed E-state index contributed by atoms with van der Waals surface area (Å²) in [5, 5.41) is 3.54. The van der Waals surface area contributed by atoms with Gasteiger partial charge in [0.15, 0.2) is 0 Å². The second-order valence-corrected chi connectivity index (χ2v) is 5.27. The molecule has 98 valence electrons. The molecule has 0 aromatic rings. The molecular weight excluding hydrogens is 196 g/mol. The maximum absolute atomic E-state index is 3.54. The highest BCUT2D eigenvalue weighted by atomic mass is 15.1. The van der Waals surface area contributed by atoms with Crippen molar-refractivity contribution in [2.24, 2.45) is 5.92 Å². The summed E-state index contributed by atoms with van der Waals surface area (Å²) in [6, 6.07) is 0.678. The predicted octanol–water partition coefficient (Wildman–Crippen LogP) is 3.13. The Hall–Kier alpha value is -0.0800. The summed E-state index contributed by atoms with van der Waals surface area (Å²) in [6.45, 7) is 12.8. The van der Waals surface area contributed by atoms with Crippen LogP contribution in [0, 0.1) is 5.92 Å². The van der Waals surface area contributed by atoms with E-state index in [0.717, 1.165) is 12.5 Å². The Bertz CT molecular complexity index is 148. The van der Waals surface area contributed by atoms with Gasteiger partial charge in [0.25, 0.3) is 0 Å². The minimum absolute atomic E-state index is 0.678. The van der Waals surface area contributed by atoms with Gasteiger partial charge >= 0.3 is 0 Å². The average molecular weight is 228 g/mol. The van der Waals surface area contributed by atoms with Crippen molar-refractivity contribution in [3.05, 3.63) is 0 Å². The van der Waals surface area contributed by atoms with Crippen LogP contribution >= 0.6 is 0 Å². The van der Waals surface area contributed by atoms with E-state index in [4.69, 9.17) is 0 Å². The standard InChI is InChI=1S/C14H32N2/c1-6-10-15-14(4)9-8-11-16(5)12-13(3)7-2/h13-15H,6-12H2,1-5H3. The fraction of sp³-hybridized carbons (Fsp3) is 1.00. The first kappa shape index (κ1) is 15.9. The molecule has 2 unspecified atom stereocenters. The zero-order valence-electron chi connectivity index (χ0n) is 12.1. The van der Waals surface area contributed by atoms with E-state index in [-0.39, 0.29) is 0 Å². The highest BCUT2D eigenvalue weighted by Crippen LogP contribution is 2.04. The van der Waals surface area contributed by atoms with Gasteiger partial charge in [-0.2, -0.15) is 0 Å². The van der Waals surface area contributed by atoms with E-state index in [1.54, 1.807) is 0 Å². The lowest BCUT2D eigenvalue weighted by molar-refractivity contribution is 0.272. The molecule has 2 heteroatoms. The van der Waals surface area contributed by atoms with Crippen LogP contribution in [0.3, 0.4) is 0 Å². The molecule has 0 rings (SSSR count). The van der Waals surface area contributed by atoms with Crippen molar-refractivity contribution in [1.82, 2.24) is 10.2 Å². The fourth-order valence-corrected chi connectivity index (χ4v) is 1.91. The summed E-state index contributed by atoms with van der Waals surface area (Å²) in [6.07, 6.45) is 5.13. The van der Waals surface area contributed by atoms with Crippen molar-refractivity contribution in [3.8, 4) is 0 Å². The van der Waals surface area contributed by atoms with Gasteiger partial charge in [-0.15, -0.1) is 0 Å². The number of hydrogen-bond acceptors (Lipinski definition) is 2. The molecule has 2 atom stereocenters. The highest BCUT2D eigenvalue weighted by molar-refractivity contribution is 4.63. The van der Waals surface area contributed by atoms with Crippen LogP contribution in [0.1, 0.15) is 53.4 Å². The number of nitrogens with zero attached hydrogens (tertiary/aromatic N) is 1. The first-order chi connectivity index (χ1) is 7.60. The lowest BCUT2D eigenvalue weighted by Crippen LogP contribution is -2.29. The summed E-state index contributed by atoms with van der Waals surface area (Å²) < 4.78 is 0. The van der Waals surface area contributed by atoms with E-state index in [1.165, 1.54) is 38.8 Å². The minimum atomic E-state index is 0.678. The molecule has 1 N–H and O–H groups in total. The van der Waals surface area contributed by atoms with Crippen LogP contribution in [-0.2, 0) is 0 Å². The van der Waals surface area contributed by atoms with Gasteiger partial charge < -0.3 is 10.2 Å². The molecule has 0 aliphatic carbocycles. The molecule has 0 fully saturated rings. The normalized spacial score (nSPS) is 15.4. The number of hydrogen-bond donors (Lipinski definition) is 1. The molecule has 0 aliphatic heterocycles. The Morgan fingerprint density at radius 3 is 2.44 bits per heavy atom. The van der Waals surface area contributed by atoms with Gasteiger partial charge in [0, 0.05) is 12.6 Å². The Morgan fingerprint density at radius 2 is 1.88 bits per heavy atom. The lowest BCUT2D eigenvalue weighted by Gasteiger charge is -2.21. The van der Waals surface area contributed by atoms with Crippen molar-refractivity contribution < 1.29 is 0 Å². The SMILES string of the molecule is CCCNC(C)CCCN(C)CC(C)CC. The second-order valence-electron chi connectivity index (χ2n) is 5.27. The first-order valence-corrected chi connectivity index (χ1v) is 7.02. The number of nitrogens with one attached hydrogen (secondary N) is 1. The third-order valence-corrected chi connectivity index (χ3v) is 3.24. The van der Waals surface area contributed by atoms with Crippen molar-refractivity contribution >= 4 is 0 Å². The third-order valence-electron chi connectivity index (χ3n) is 3.24. The zero-order valence-corrected chi connectivity index (χ0v) is 12.1. The largest absolute Gasteiger partial charge is 0.314 e. The average Bonchev–Trinajstić information content (AvgIpc) is 2.26. The van der Waals surface area contributed by atoms with Crippen molar-refractivity contribution in [2.75, 3.05) is 26.7 Å². The van der Waals surface area contributed by atoms with Gasteiger partial charge in [0.1, 0.15) is 0 Å². The molecule has 0 spiro atoms. The molecule has 0 amide bonds. The fourth-order valence-electron chi connectivity index (χ4n) is 1.91. The van der Waals surface area contributed by atoms with Gasteiger partial charge in [0.2, 0.25) is 0 Å². The maximum Gasteiger partial charge on any atom is 0.00391 e. The van der Waals surface area contributed by atoms with E-state index in [0.29, 0.717) is 6.04 Å². The minimum Gasteiger partial charge on any atom is -0.314 e. The van der Waals surface area contributed by atoms with Crippen molar-refractivity contribution in [3.63, 3.8) is 0 Å². The first-order valence-electron chi connectivity index (χ1n) is 7.02. The maximum atomic E-state index is 3.54. The van der Waals surface area contributed by atoms with Crippen molar-refractivity contribution in [1.29, 1.82) is 0 Å². The smallest absolute Gasteiger partial charge is 0.00391 e.